The molecule has 6 aromatic rings. The van der Waals surface area contributed by atoms with E-state index in [9.17, 15) is 33.9 Å². The van der Waals surface area contributed by atoms with Gasteiger partial charge in [0.25, 0.3) is 0 Å². The lowest BCUT2D eigenvalue weighted by Crippen LogP contribution is -1.96. The van der Waals surface area contributed by atoms with Crippen LogP contribution in [0.15, 0.2) is 103 Å². The molecule has 16 nitrogen and oxygen atoms in total. The standard InChI is InChI=1S/C8H9NO3.2C8H8O2.2C7H6O3.C7H6O2/c1-5-8(12)7(4-11)6(3-10)2-9-5;2*1-6-3-2-4-7(5-9)8(6)10;8-4-5-6(9)2-1-3-7(5)10;8-4-5-2-1-3-6(9)7(5)10;8-5-6-3-1-2-4-7(6)9/h2,4,10,12H,3H2,1H3;2*2-5,10H,1H3;2*1-4,9-10H;1-5,9H. The van der Waals surface area contributed by atoms with Crippen LogP contribution in [0.5, 0.6) is 46.0 Å². The molecule has 6 rings (SSSR count). The Kier molecular flexibility index (Phi) is 22.0. The minimum Gasteiger partial charge on any atom is -0.507 e. The molecule has 0 unspecified atom stereocenters. The van der Waals surface area contributed by atoms with Crippen LogP contribution in [-0.4, -0.2) is 88.7 Å². The first-order chi connectivity index (χ1) is 29.1. The maximum atomic E-state index is 10.5. The monoisotopic (exact) mass is 837 g/mol. The number of aromatic hydroxyl groups is 8. The quantitative estimate of drug-likeness (QED) is 0.0616. The summed E-state index contributed by atoms with van der Waals surface area (Å²) in [5.41, 5.74) is 3.35. The summed E-state index contributed by atoms with van der Waals surface area (Å²) < 4.78 is 0. The normalized spacial score (nSPS) is 9.31. The van der Waals surface area contributed by atoms with Crippen LogP contribution in [0.1, 0.15) is 84.5 Å². The molecule has 0 fully saturated rings. The Labute approximate surface area is 349 Å². The van der Waals surface area contributed by atoms with Crippen LogP contribution in [0.4, 0.5) is 0 Å². The number of aliphatic hydroxyl groups excluding tert-OH is 1. The molecular formula is C45H43NO15. The average molecular weight is 838 g/mol. The van der Waals surface area contributed by atoms with E-state index in [2.05, 4.69) is 4.98 Å². The Morgan fingerprint density at radius 2 is 0.787 bits per heavy atom. The van der Waals surface area contributed by atoms with Gasteiger partial charge in [-0.2, -0.15) is 0 Å². The summed E-state index contributed by atoms with van der Waals surface area (Å²) >= 11 is 0. The zero-order valence-corrected chi connectivity index (χ0v) is 32.9. The number of rotatable bonds is 7. The van der Waals surface area contributed by atoms with Gasteiger partial charge in [-0.1, -0.05) is 48.5 Å². The van der Waals surface area contributed by atoms with Crippen LogP contribution in [0.2, 0.25) is 0 Å². The summed E-state index contributed by atoms with van der Waals surface area (Å²) in [5.74, 6) is -0.994. The van der Waals surface area contributed by atoms with Gasteiger partial charge in [-0.05, 0) is 80.4 Å². The number of aryl methyl sites for hydroxylation is 3. The van der Waals surface area contributed by atoms with E-state index in [4.69, 9.17) is 40.9 Å². The number of aliphatic hydroxyl groups is 1. The second-order valence-electron chi connectivity index (χ2n) is 12.0. The molecule has 5 aromatic carbocycles. The number of carbonyl (C=O) groups excluding carboxylic acids is 6. The SMILES string of the molecule is Cc1cccc(C=O)c1O.Cc1cccc(C=O)c1O.Cc1ncc(CO)c(C=O)c1O.O=Cc1c(O)cccc1O.O=Cc1cccc(O)c1O.O=Cc1ccccc1O. The van der Waals surface area contributed by atoms with Crippen molar-refractivity contribution in [3.63, 3.8) is 0 Å². The number of phenolic OH excluding ortho intramolecular Hbond substituents is 7. The van der Waals surface area contributed by atoms with Crippen LogP contribution in [0.3, 0.4) is 0 Å². The van der Waals surface area contributed by atoms with E-state index in [1.54, 1.807) is 75.4 Å². The van der Waals surface area contributed by atoms with Crippen molar-refractivity contribution in [2.24, 2.45) is 0 Å². The topological polar surface area (TPSA) is 297 Å². The molecule has 1 heterocycles. The highest BCUT2D eigenvalue weighted by molar-refractivity contribution is 5.84. The number of para-hydroxylation sites is 4. The highest BCUT2D eigenvalue weighted by Gasteiger charge is 2.09. The Morgan fingerprint density at radius 1 is 0.410 bits per heavy atom. The molecule has 0 aliphatic rings. The van der Waals surface area contributed by atoms with E-state index in [0.29, 0.717) is 65.7 Å². The van der Waals surface area contributed by atoms with Gasteiger partial charge in [0.2, 0.25) is 0 Å². The molecule has 0 aliphatic carbocycles. The maximum Gasteiger partial charge on any atom is 0.168 e. The Hall–Kier alpha value is -8.37. The molecule has 9 N–H and O–H groups in total. The van der Waals surface area contributed by atoms with Gasteiger partial charge in [-0.15, -0.1) is 0 Å². The van der Waals surface area contributed by atoms with E-state index in [-0.39, 0.29) is 69.3 Å². The predicted octanol–water partition coefficient (Wildman–Crippen LogP) is 6.45. The van der Waals surface area contributed by atoms with Gasteiger partial charge >= 0.3 is 0 Å². The third-order valence-electron chi connectivity index (χ3n) is 7.85. The molecule has 0 bridgehead atoms. The van der Waals surface area contributed by atoms with Crippen LogP contribution in [0, 0.1) is 20.8 Å². The minimum absolute atomic E-state index is 0.0347. The van der Waals surface area contributed by atoms with Crippen molar-refractivity contribution >= 4 is 37.7 Å². The van der Waals surface area contributed by atoms with Crippen molar-refractivity contribution in [1.82, 2.24) is 4.98 Å². The Bertz CT molecular complexity index is 2260. The van der Waals surface area contributed by atoms with Gasteiger partial charge in [-0.25, -0.2) is 0 Å². The summed E-state index contributed by atoms with van der Waals surface area (Å²) in [6.07, 6.45) is 4.67. The lowest BCUT2D eigenvalue weighted by molar-refractivity contribution is 0.111. The number of pyridine rings is 1. The molecule has 0 aliphatic heterocycles. The smallest absolute Gasteiger partial charge is 0.168 e. The van der Waals surface area contributed by atoms with Crippen LogP contribution in [0.25, 0.3) is 0 Å². The first-order valence-corrected chi connectivity index (χ1v) is 17.4. The summed E-state index contributed by atoms with van der Waals surface area (Å²) in [4.78, 5) is 65.0. The van der Waals surface area contributed by atoms with Crippen molar-refractivity contribution in [1.29, 1.82) is 0 Å². The summed E-state index contributed by atoms with van der Waals surface area (Å²) in [6, 6.07) is 24.9. The van der Waals surface area contributed by atoms with Crippen LogP contribution in [-0.2, 0) is 6.61 Å². The largest absolute Gasteiger partial charge is 0.507 e. The molecule has 0 radical (unpaired) electrons. The lowest BCUT2D eigenvalue weighted by atomic mass is 10.1. The lowest BCUT2D eigenvalue weighted by Gasteiger charge is -2.04. The van der Waals surface area contributed by atoms with Crippen molar-refractivity contribution in [3.05, 3.63) is 159 Å². The van der Waals surface area contributed by atoms with Crippen molar-refractivity contribution < 1.29 is 74.7 Å². The third kappa shape index (κ3) is 15.8. The molecule has 61 heavy (non-hydrogen) atoms. The first kappa shape index (κ1) is 50.6. The first-order valence-electron chi connectivity index (χ1n) is 17.4. The highest BCUT2D eigenvalue weighted by atomic mass is 16.3. The number of nitrogens with zero attached hydrogens (tertiary/aromatic N) is 1. The third-order valence-corrected chi connectivity index (χ3v) is 7.85. The zero-order valence-electron chi connectivity index (χ0n) is 32.9. The fraction of sp³-hybridized carbons (Fsp3) is 0.0889. The molecule has 318 valence electrons. The molecule has 0 atom stereocenters. The Balaban J connectivity index is 0.000000367. The van der Waals surface area contributed by atoms with Crippen LogP contribution < -0.4 is 0 Å². The molecule has 0 spiro atoms. The minimum atomic E-state index is -0.363. The average Bonchev–Trinajstić information content (AvgIpc) is 3.26. The zero-order chi connectivity index (χ0) is 46.1. The van der Waals surface area contributed by atoms with Gasteiger partial charge in [-0.3, -0.25) is 33.8 Å². The Morgan fingerprint density at radius 3 is 1.15 bits per heavy atom. The van der Waals surface area contributed by atoms with Crippen LogP contribution >= 0.6 is 0 Å². The van der Waals surface area contributed by atoms with E-state index in [1.807, 2.05) is 0 Å². The molecular weight excluding hydrogens is 794 g/mol. The van der Waals surface area contributed by atoms with E-state index in [0.717, 1.165) is 11.1 Å². The summed E-state index contributed by atoms with van der Waals surface area (Å²) in [6.45, 7) is 4.79. The van der Waals surface area contributed by atoms with Crippen molar-refractivity contribution in [3.8, 4) is 46.0 Å². The fourth-order valence-corrected chi connectivity index (χ4v) is 4.36. The van der Waals surface area contributed by atoms with Gasteiger partial charge < -0.3 is 46.0 Å². The molecule has 1 aromatic heterocycles. The maximum absolute atomic E-state index is 10.5. The molecule has 0 saturated heterocycles. The number of phenols is 7. The number of aldehydes is 6. The molecule has 0 saturated carbocycles. The van der Waals surface area contributed by atoms with E-state index >= 15 is 0 Å². The predicted molar refractivity (Wildman–Crippen MR) is 222 cm³/mol. The van der Waals surface area contributed by atoms with Crippen molar-refractivity contribution in [2.75, 3.05) is 0 Å². The number of benzene rings is 5. The number of aromatic nitrogens is 1. The van der Waals surface area contributed by atoms with Gasteiger partial charge in [0.05, 0.1) is 45.7 Å². The summed E-state index contributed by atoms with van der Waals surface area (Å²) in [5, 5.41) is 80.8. The van der Waals surface area contributed by atoms with E-state index < -0.39 is 0 Å². The summed E-state index contributed by atoms with van der Waals surface area (Å²) in [7, 11) is 0. The molecule has 16 heteroatoms. The highest BCUT2D eigenvalue weighted by Crippen LogP contribution is 2.27. The number of hydrogen-bond acceptors (Lipinski definition) is 16. The van der Waals surface area contributed by atoms with Gasteiger partial charge in [0.15, 0.2) is 49.2 Å². The fourth-order valence-electron chi connectivity index (χ4n) is 4.36. The number of hydrogen-bond donors (Lipinski definition) is 9. The van der Waals surface area contributed by atoms with Gasteiger partial charge in [0.1, 0.15) is 34.5 Å². The number of carbonyl (C=O) groups is 6. The van der Waals surface area contributed by atoms with Crippen molar-refractivity contribution in [2.45, 2.75) is 27.4 Å². The van der Waals surface area contributed by atoms with Gasteiger partial charge in [0, 0.05) is 11.8 Å². The molecule has 0 amide bonds. The second-order valence-corrected chi connectivity index (χ2v) is 12.0. The van der Waals surface area contributed by atoms with E-state index in [1.165, 1.54) is 48.7 Å². The second kappa shape index (κ2) is 26.5.